The van der Waals surface area contributed by atoms with Crippen molar-refractivity contribution in [1.29, 1.82) is 0 Å². The summed E-state index contributed by atoms with van der Waals surface area (Å²) < 4.78 is 17.3. The van der Waals surface area contributed by atoms with Gasteiger partial charge in [0.25, 0.3) is 0 Å². The summed E-state index contributed by atoms with van der Waals surface area (Å²) in [5.41, 5.74) is 1.57. The molecule has 1 aliphatic heterocycles. The Morgan fingerprint density at radius 3 is 1.93 bits per heavy atom. The Morgan fingerprint density at radius 1 is 0.829 bits per heavy atom. The normalized spacial score (nSPS) is 13.8. The van der Waals surface area contributed by atoms with Gasteiger partial charge in [0.05, 0.1) is 25.8 Å². The number of carbonyl (C=O) groups is 2. The molecule has 1 amide bonds. The highest BCUT2D eigenvalue weighted by Gasteiger charge is 2.47. The largest absolute Gasteiger partial charge is 0.494 e. The minimum atomic E-state index is -2.29. The Bertz CT molecular complexity index is 1320. The first kappa shape index (κ1) is 30.4. The lowest BCUT2D eigenvalue weighted by Gasteiger charge is -2.44. The molecule has 0 saturated carbocycles. The number of amides is 1. The molecule has 1 heterocycles. The average Bonchev–Trinajstić information content (AvgIpc) is 2.94. The summed E-state index contributed by atoms with van der Waals surface area (Å²) in [6, 6.07) is 26.2. The minimum absolute atomic E-state index is 0.0289. The number of carbonyl (C=O) groups excluding carboxylic acids is 2. The molecule has 7 heteroatoms. The maximum absolute atomic E-state index is 12.9. The Hall–Kier alpha value is -3.58. The Balaban J connectivity index is 1.66. The molecule has 0 bridgehead atoms. The topological polar surface area (TPSA) is 65.1 Å². The van der Waals surface area contributed by atoms with Gasteiger partial charge in [0, 0.05) is 12.1 Å². The van der Waals surface area contributed by atoms with E-state index in [1.165, 1.54) is 17.5 Å². The highest BCUT2D eigenvalue weighted by Crippen LogP contribution is 2.39. The maximum atomic E-state index is 12.9. The molecule has 0 aliphatic carbocycles. The van der Waals surface area contributed by atoms with E-state index >= 15 is 0 Å². The summed E-state index contributed by atoms with van der Waals surface area (Å²) in [5.74, 6) is 0.334. The van der Waals surface area contributed by atoms with Gasteiger partial charge in [-0.05, 0) is 56.0 Å². The first-order valence-corrected chi connectivity index (χ1v) is 16.5. The van der Waals surface area contributed by atoms with Crippen molar-refractivity contribution in [3.63, 3.8) is 0 Å². The predicted octanol–water partition coefficient (Wildman–Crippen LogP) is 6.21. The summed E-state index contributed by atoms with van der Waals surface area (Å²) in [6.45, 7) is 13.9. The van der Waals surface area contributed by atoms with E-state index in [2.05, 4.69) is 81.4 Å². The summed E-state index contributed by atoms with van der Waals surface area (Å²) >= 11 is 0. The number of esters is 1. The third kappa shape index (κ3) is 6.51. The van der Waals surface area contributed by atoms with Crippen LogP contribution in [0.5, 0.6) is 5.75 Å². The van der Waals surface area contributed by atoms with Crippen LogP contribution in [-0.4, -0.2) is 50.9 Å². The molecule has 0 radical (unpaired) electrons. The monoisotopic (exact) mass is 573 g/mol. The van der Waals surface area contributed by atoms with Gasteiger partial charge in [0.1, 0.15) is 19.4 Å². The van der Waals surface area contributed by atoms with Crippen molar-refractivity contribution in [3.8, 4) is 5.75 Å². The summed E-state index contributed by atoms with van der Waals surface area (Å²) in [5, 5.41) is 2.80. The first-order valence-electron chi connectivity index (χ1n) is 14.3. The standard InChI is InChI=1S/C34H43NO5Si/c1-33(2,3)40-32(37)35-21-20-27-29(24-35)28(31(36)38-7)18-19-30(27)39-22-23-41(34(4,5)6,25-14-10-8-11-15-25)26-16-12-9-13-17-26/h8-19H,20-24H2,1-7H3. The van der Waals surface area contributed by atoms with Crippen LogP contribution in [-0.2, 0) is 22.4 Å². The summed E-state index contributed by atoms with van der Waals surface area (Å²) in [6.07, 6.45) is 0.172. The molecule has 41 heavy (non-hydrogen) atoms. The first-order chi connectivity index (χ1) is 19.4. The number of hydrogen-bond acceptors (Lipinski definition) is 5. The lowest BCUT2D eigenvalue weighted by molar-refractivity contribution is 0.0220. The lowest BCUT2D eigenvalue weighted by atomic mass is 9.94. The van der Waals surface area contributed by atoms with Crippen LogP contribution in [0.3, 0.4) is 0 Å². The van der Waals surface area contributed by atoms with Gasteiger partial charge >= 0.3 is 12.1 Å². The lowest BCUT2D eigenvalue weighted by Crippen LogP contribution is -2.64. The van der Waals surface area contributed by atoms with Crippen LogP contribution in [0.1, 0.15) is 63.0 Å². The minimum Gasteiger partial charge on any atom is -0.494 e. The van der Waals surface area contributed by atoms with E-state index in [4.69, 9.17) is 14.2 Å². The van der Waals surface area contributed by atoms with E-state index in [1.54, 1.807) is 11.0 Å². The number of fused-ring (bicyclic) bond motifs is 1. The Labute approximate surface area is 245 Å². The van der Waals surface area contributed by atoms with Gasteiger partial charge in [0.15, 0.2) is 0 Å². The number of rotatable bonds is 7. The van der Waals surface area contributed by atoms with Gasteiger partial charge in [-0.15, -0.1) is 0 Å². The SMILES string of the molecule is COC(=O)c1ccc(OCC[Si](c2ccccc2)(c2ccccc2)C(C)(C)C)c2c1CN(C(=O)OC(C)(C)C)CC2. The zero-order valence-electron chi connectivity index (χ0n) is 25.5. The van der Waals surface area contributed by atoms with Gasteiger partial charge in [0.2, 0.25) is 0 Å². The fraction of sp³-hybridized carbons (Fsp3) is 0.412. The van der Waals surface area contributed by atoms with Gasteiger partial charge in [-0.2, -0.15) is 0 Å². The van der Waals surface area contributed by atoms with Crippen LogP contribution >= 0.6 is 0 Å². The van der Waals surface area contributed by atoms with E-state index in [1.807, 2.05) is 26.8 Å². The molecule has 4 rings (SSSR count). The van der Waals surface area contributed by atoms with Crippen molar-refractivity contribution in [2.45, 2.75) is 71.2 Å². The highest BCUT2D eigenvalue weighted by atomic mass is 28.3. The van der Waals surface area contributed by atoms with Gasteiger partial charge in [-0.1, -0.05) is 91.8 Å². The second-order valence-electron chi connectivity index (χ2n) is 12.7. The Morgan fingerprint density at radius 2 is 1.41 bits per heavy atom. The van der Waals surface area contributed by atoms with Gasteiger partial charge < -0.3 is 19.1 Å². The Kier molecular flexibility index (Phi) is 8.97. The number of methoxy groups -OCH3 is 1. The molecule has 3 aromatic rings. The second-order valence-corrected chi connectivity index (χ2v) is 17.7. The molecule has 0 spiro atoms. The van der Waals surface area contributed by atoms with Crippen molar-refractivity contribution in [2.24, 2.45) is 0 Å². The summed E-state index contributed by atoms with van der Waals surface area (Å²) in [4.78, 5) is 27.2. The molecule has 3 aromatic carbocycles. The van der Waals surface area contributed by atoms with E-state index in [0.717, 1.165) is 22.9 Å². The van der Waals surface area contributed by atoms with Crippen LogP contribution in [0.25, 0.3) is 0 Å². The van der Waals surface area contributed by atoms with Crippen molar-refractivity contribution in [3.05, 3.63) is 89.5 Å². The number of benzene rings is 3. The molecule has 0 unspecified atom stereocenters. The molecular formula is C34H43NO5Si. The molecule has 1 aliphatic rings. The summed E-state index contributed by atoms with van der Waals surface area (Å²) in [7, 11) is -0.918. The second kappa shape index (κ2) is 12.1. The van der Waals surface area contributed by atoms with Crippen LogP contribution in [0, 0.1) is 0 Å². The molecule has 0 atom stereocenters. The fourth-order valence-electron chi connectivity index (χ4n) is 6.02. The highest BCUT2D eigenvalue weighted by molar-refractivity contribution is 7.04. The third-order valence-electron chi connectivity index (χ3n) is 7.97. The molecule has 218 valence electrons. The fourth-order valence-corrected chi connectivity index (χ4v) is 11.3. The zero-order chi connectivity index (χ0) is 29.8. The zero-order valence-corrected chi connectivity index (χ0v) is 26.5. The third-order valence-corrected chi connectivity index (χ3v) is 14.1. The van der Waals surface area contributed by atoms with Gasteiger partial charge in [-0.25, -0.2) is 9.59 Å². The average molecular weight is 574 g/mol. The molecule has 6 nitrogen and oxygen atoms in total. The van der Waals surface area contributed by atoms with Crippen LogP contribution in [0.4, 0.5) is 4.79 Å². The molecule has 0 saturated heterocycles. The molecular weight excluding hydrogens is 530 g/mol. The van der Waals surface area contributed by atoms with Crippen LogP contribution in [0.2, 0.25) is 11.1 Å². The maximum Gasteiger partial charge on any atom is 0.410 e. The van der Waals surface area contributed by atoms with E-state index < -0.39 is 25.7 Å². The van der Waals surface area contributed by atoms with Gasteiger partial charge in [-0.3, -0.25) is 0 Å². The van der Waals surface area contributed by atoms with E-state index in [-0.39, 0.29) is 11.6 Å². The quantitative estimate of drug-likeness (QED) is 0.248. The van der Waals surface area contributed by atoms with E-state index in [9.17, 15) is 9.59 Å². The molecule has 0 aromatic heterocycles. The van der Waals surface area contributed by atoms with Crippen molar-refractivity contribution < 1.29 is 23.8 Å². The number of nitrogens with zero attached hydrogens (tertiary/aromatic N) is 1. The van der Waals surface area contributed by atoms with Crippen molar-refractivity contribution >= 4 is 30.5 Å². The molecule has 0 N–H and O–H groups in total. The van der Waals surface area contributed by atoms with Crippen molar-refractivity contribution in [1.82, 2.24) is 4.90 Å². The van der Waals surface area contributed by atoms with Crippen LogP contribution < -0.4 is 15.1 Å². The van der Waals surface area contributed by atoms with E-state index in [0.29, 0.717) is 25.1 Å². The van der Waals surface area contributed by atoms with Crippen molar-refractivity contribution in [2.75, 3.05) is 20.3 Å². The number of ether oxygens (including phenoxy) is 3. The number of hydrogen-bond donors (Lipinski definition) is 0. The molecule has 0 fully saturated rings. The smallest absolute Gasteiger partial charge is 0.410 e. The predicted molar refractivity (Wildman–Crippen MR) is 166 cm³/mol. The van der Waals surface area contributed by atoms with Crippen LogP contribution in [0.15, 0.2) is 72.8 Å².